The van der Waals surface area contributed by atoms with Gasteiger partial charge in [0.1, 0.15) is 4.83 Å². The molecule has 6 nitrogen and oxygen atoms in total. The fourth-order valence-electron chi connectivity index (χ4n) is 3.86. The molecule has 0 radical (unpaired) electrons. The number of benzene rings is 2. The molecular formula is C24H17N3O3S. The molecule has 5 rings (SSSR count). The number of aromatic nitrogens is 1. The van der Waals surface area contributed by atoms with Crippen LogP contribution in [-0.4, -0.2) is 22.6 Å². The lowest BCUT2D eigenvalue weighted by Crippen LogP contribution is -2.22. The quantitative estimate of drug-likeness (QED) is 0.448. The Labute approximate surface area is 181 Å². The van der Waals surface area contributed by atoms with Gasteiger partial charge in [0, 0.05) is 16.6 Å². The summed E-state index contributed by atoms with van der Waals surface area (Å²) in [5.41, 5.74) is 3.55. The molecule has 4 aromatic rings. The van der Waals surface area contributed by atoms with Crippen LogP contribution in [0.3, 0.4) is 0 Å². The molecule has 152 valence electrons. The smallest absolute Gasteiger partial charge is 0.258 e. The lowest BCUT2D eigenvalue weighted by atomic mass is 9.94. The van der Waals surface area contributed by atoms with Crippen molar-refractivity contribution >= 4 is 50.5 Å². The standard InChI is InChI=1S/C24H17N3O3S/c1-13-18(23(30)26-15-10-6-3-7-11-15)19(14-8-4-2-5-9-14)20-21-22(31-24(20)25-13)16(28)12-17(29)27-21/h2-11H,12H2,1H3,(H,26,30)(H,27,29). The molecule has 0 atom stereocenters. The summed E-state index contributed by atoms with van der Waals surface area (Å²) in [5.74, 6) is -0.883. The highest BCUT2D eigenvalue weighted by molar-refractivity contribution is 7.21. The van der Waals surface area contributed by atoms with Crippen molar-refractivity contribution in [2.45, 2.75) is 13.3 Å². The maximum atomic E-state index is 13.4. The Morgan fingerprint density at radius 1 is 1.03 bits per heavy atom. The Morgan fingerprint density at radius 2 is 1.71 bits per heavy atom. The van der Waals surface area contributed by atoms with Crippen LogP contribution in [-0.2, 0) is 4.79 Å². The summed E-state index contributed by atoms with van der Waals surface area (Å²) < 4.78 is 0. The van der Waals surface area contributed by atoms with Gasteiger partial charge in [0.25, 0.3) is 5.91 Å². The van der Waals surface area contributed by atoms with E-state index in [-0.39, 0.29) is 24.0 Å². The fourth-order valence-corrected chi connectivity index (χ4v) is 4.98. The van der Waals surface area contributed by atoms with Crippen LogP contribution < -0.4 is 10.6 Å². The zero-order valence-corrected chi connectivity index (χ0v) is 17.4. The first-order valence-corrected chi connectivity index (χ1v) is 10.6. The summed E-state index contributed by atoms with van der Waals surface area (Å²) in [7, 11) is 0. The van der Waals surface area contributed by atoms with Gasteiger partial charge in [-0.1, -0.05) is 48.5 Å². The lowest BCUT2D eigenvalue weighted by Gasteiger charge is -2.17. The van der Waals surface area contributed by atoms with E-state index in [1.807, 2.05) is 60.7 Å². The number of hydrogen-bond donors (Lipinski definition) is 2. The average Bonchev–Trinajstić information content (AvgIpc) is 3.12. The maximum absolute atomic E-state index is 13.4. The van der Waals surface area contributed by atoms with Crippen molar-refractivity contribution in [3.8, 4) is 11.1 Å². The van der Waals surface area contributed by atoms with E-state index in [0.29, 0.717) is 43.3 Å². The molecule has 31 heavy (non-hydrogen) atoms. The molecule has 0 fully saturated rings. The van der Waals surface area contributed by atoms with E-state index >= 15 is 0 Å². The minimum Gasteiger partial charge on any atom is -0.324 e. The van der Waals surface area contributed by atoms with E-state index in [0.717, 1.165) is 5.56 Å². The molecule has 2 aromatic heterocycles. The number of rotatable bonds is 3. The second-order valence-electron chi connectivity index (χ2n) is 7.27. The first-order chi connectivity index (χ1) is 15.0. The molecule has 7 heteroatoms. The second-order valence-corrected chi connectivity index (χ2v) is 8.27. The number of thiophene rings is 1. The van der Waals surface area contributed by atoms with Crippen molar-refractivity contribution in [2.75, 3.05) is 10.6 Å². The lowest BCUT2D eigenvalue weighted by molar-refractivity contribution is -0.115. The van der Waals surface area contributed by atoms with Gasteiger partial charge >= 0.3 is 0 Å². The molecule has 2 N–H and O–H groups in total. The molecule has 0 spiro atoms. The van der Waals surface area contributed by atoms with Gasteiger partial charge in [-0.3, -0.25) is 14.4 Å². The van der Waals surface area contributed by atoms with Crippen LogP contribution in [0.15, 0.2) is 60.7 Å². The summed E-state index contributed by atoms with van der Waals surface area (Å²) in [4.78, 5) is 43.7. The number of amides is 2. The number of Topliss-reactive ketones (excluding diaryl/α,β-unsaturated/α-hetero) is 1. The van der Waals surface area contributed by atoms with E-state index in [4.69, 9.17) is 0 Å². The van der Waals surface area contributed by atoms with E-state index in [1.54, 1.807) is 6.92 Å². The van der Waals surface area contributed by atoms with E-state index in [1.165, 1.54) is 11.3 Å². The third-order valence-corrected chi connectivity index (χ3v) is 6.31. The number of fused-ring (bicyclic) bond motifs is 3. The highest BCUT2D eigenvalue weighted by Gasteiger charge is 2.31. The van der Waals surface area contributed by atoms with Crippen molar-refractivity contribution in [2.24, 2.45) is 0 Å². The van der Waals surface area contributed by atoms with Crippen molar-refractivity contribution in [1.29, 1.82) is 0 Å². The number of carbonyl (C=O) groups excluding carboxylic acids is 3. The Balaban J connectivity index is 1.80. The molecule has 3 heterocycles. The molecule has 0 bridgehead atoms. The number of nitrogens with zero attached hydrogens (tertiary/aromatic N) is 1. The summed E-state index contributed by atoms with van der Waals surface area (Å²) in [6.45, 7) is 1.78. The third-order valence-electron chi connectivity index (χ3n) is 5.18. The summed E-state index contributed by atoms with van der Waals surface area (Å²) in [6, 6.07) is 18.7. The molecule has 2 amide bonds. The van der Waals surface area contributed by atoms with Gasteiger partial charge in [-0.05, 0) is 24.6 Å². The molecular weight excluding hydrogens is 410 g/mol. The Bertz CT molecular complexity index is 1360. The van der Waals surface area contributed by atoms with Crippen molar-refractivity contribution < 1.29 is 14.4 Å². The van der Waals surface area contributed by atoms with E-state index in [9.17, 15) is 14.4 Å². The maximum Gasteiger partial charge on any atom is 0.258 e. The van der Waals surface area contributed by atoms with Gasteiger partial charge in [0.05, 0.1) is 28.2 Å². The zero-order chi connectivity index (χ0) is 21.5. The van der Waals surface area contributed by atoms with Gasteiger partial charge in [-0.15, -0.1) is 11.3 Å². The summed E-state index contributed by atoms with van der Waals surface area (Å²) in [6.07, 6.45) is -0.180. The fraction of sp³-hybridized carbons (Fsp3) is 0.0833. The predicted octanol–water partition coefficient (Wildman–Crippen LogP) is 5.05. The van der Waals surface area contributed by atoms with Crippen LogP contribution in [0.1, 0.15) is 32.1 Å². The van der Waals surface area contributed by atoms with Gasteiger partial charge in [0.2, 0.25) is 5.91 Å². The highest BCUT2D eigenvalue weighted by Crippen LogP contribution is 2.45. The van der Waals surface area contributed by atoms with Gasteiger partial charge < -0.3 is 10.6 Å². The first-order valence-electron chi connectivity index (χ1n) is 9.75. The number of para-hydroxylation sites is 1. The Hall–Kier alpha value is -3.84. The number of pyridine rings is 1. The number of aryl methyl sites for hydroxylation is 1. The zero-order valence-electron chi connectivity index (χ0n) is 16.6. The molecule has 1 aliphatic heterocycles. The van der Waals surface area contributed by atoms with Gasteiger partial charge in [-0.2, -0.15) is 0 Å². The Kier molecular flexibility index (Phi) is 4.60. The molecule has 0 aliphatic carbocycles. The van der Waals surface area contributed by atoms with Crippen LogP contribution in [0.5, 0.6) is 0 Å². The predicted molar refractivity (Wildman–Crippen MR) is 122 cm³/mol. The number of carbonyl (C=O) groups is 3. The number of anilines is 2. The third kappa shape index (κ3) is 3.29. The largest absolute Gasteiger partial charge is 0.324 e. The molecule has 0 unspecified atom stereocenters. The van der Waals surface area contributed by atoms with Crippen LogP contribution in [0, 0.1) is 6.92 Å². The van der Waals surface area contributed by atoms with Crippen LogP contribution in [0.2, 0.25) is 0 Å². The van der Waals surface area contributed by atoms with E-state index in [2.05, 4.69) is 15.6 Å². The minimum absolute atomic E-state index is 0.180. The normalized spacial score (nSPS) is 13.1. The first kappa shape index (κ1) is 19.1. The van der Waals surface area contributed by atoms with E-state index < -0.39 is 0 Å². The molecule has 0 saturated heterocycles. The van der Waals surface area contributed by atoms with Crippen LogP contribution in [0.4, 0.5) is 11.4 Å². The monoisotopic (exact) mass is 427 g/mol. The average molecular weight is 427 g/mol. The molecule has 0 saturated carbocycles. The summed E-state index contributed by atoms with van der Waals surface area (Å²) >= 11 is 1.25. The van der Waals surface area contributed by atoms with Gasteiger partial charge in [-0.25, -0.2) is 4.98 Å². The minimum atomic E-state index is -0.355. The van der Waals surface area contributed by atoms with Crippen LogP contribution >= 0.6 is 11.3 Å². The van der Waals surface area contributed by atoms with Crippen LogP contribution in [0.25, 0.3) is 21.3 Å². The number of ketones is 1. The number of nitrogens with one attached hydrogen (secondary N) is 2. The van der Waals surface area contributed by atoms with Crippen molar-refractivity contribution in [1.82, 2.24) is 4.98 Å². The highest BCUT2D eigenvalue weighted by atomic mass is 32.1. The van der Waals surface area contributed by atoms with Crippen molar-refractivity contribution in [3.63, 3.8) is 0 Å². The second kappa shape index (κ2) is 7.45. The summed E-state index contributed by atoms with van der Waals surface area (Å²) in [5, 5.41) is 6.39. The SMILES string of the molecule is Cc1nc2sc3c(c2c(-c2ccccc2)c1C(=O)Nc1ccccc1)NC(=O)CC3=O. The van der Waals surface area contributed by atoms with Gasteiger partial charge in [0.15, 0.2) is 5.78 Å². The molecule has 1 aliphatic rings. The Morgan fingerprint density at radius 3 is 2.42 bits per heavy atom. The topological polar surface area (TPSA) is 88.2 Å². The molecule has 2 aromatic carbocycles. The number of hydrogen-bond acceptors (Lipinski definition) is 5. The van der Waals surface area contributed by atoms with Crippen molar-refractivity contribution in [3.05, 3.63) is 76.8 Å².